The zero-order chi connectivity index (χ0) is 30.1. The van der Waals surface area contributed by atoms with Gasteiger partial charge in [0.25, 0.3) is 0 Å². The van der Waals surface area contributed by atoms with Crippen LogP contribution in [0.3, 0.4) is 0 Å². The highest BCUT2D eigenvalue weighted by molar-refractivity contribution is 6.02. The lowest BCUT2D eigenvalue weighted by atomic mass is 9.90. The number of carbonyl (C=O) groups excluding carboxylic acids is 4. The molecule has 42 heavy (non-hydrogen) atoms. The fourth-order valence-electron chi connectivity index (χ4n) is 6.23. The SMILES string of the molecule is C[C@H](NC(=O)CN1CCOCC1)C(=O)NC1(C(=O)N[C@@H](CC2CCCC2)C(=O)[C@@]2(C)CO2)CC1c1ccc(O)c(O)c1. The highest BCUT2D eigenvalue weighted by Gasteiger charge is 2.63. The average Bonchev–Trinajstić information content (AvgIpc) is 3.83. The molecule has 1 aromatic rings. The van der Waals surface area contributed by atoms with Crippen LogP contribution in [0.5, 0.6) is 11.5 Å². The summed E-state index contributed by atoms with van der Waals surface area (Å²) in [5.41, 5.74) is -1.76. The Morgan fingerprint density at radius 2 is 1.76 bits per heavy atom. The van der Waals surface area contributed by atoms with Crippen molar-refractivity contribution in [3.63, 3.8) is 0 Å². The summed E-state index contributed by atoms with van der Waals surface area (Å²) >= 11 is 0. The molecule has 4 aliphatic rings. The van der Waals surface area contributed by atoms with Gasteiger partial charge in [-0.25, -0.2) is 0 Å². The lowest BCUT2D eigenvalue weighted by molar-refractivity contribution is -0.135. The standard InChI is InChI=1S/C30H42N4O8/c1-18(31-25(37)16-34-9-11-41-12-10-34)27(39)33-30(15-21(30)20-7-8-23(35)24(36)14-20)28(40)32-22(13-19-5-3-4-6-19)26(38)29(2)17-42-29/h7-8,14,18-19,21-22,35-36H,3-6,9-13,15-17H2,1-2H3,(H,31,37)(H,32,40)(H,33,39)/t18-,21?,22-,29+,30?/m0/s1. The fourth-order valence-corrected chi connectivity index (χ4v) is 6.23. The van der Waals surface area contributed by atoms with Gasteiger partial charge in [0.2, 0.25) is 17.7 Å². The second kappa shape index (κ2) is 12.2. The molecule has 12 heteroatoms. The van der Waals surface area contributed by atoms with Crippen molar-refractivity contribution in [3.05, 3.63) is 23.8 Å². The van der Waals surface area contributed by atoms with Crippen LogP contribution in [0.25, 0.3) is 0 Å². The maximum atomic E-state index is 14.0. The first kappa shape index (κ1) is 30.2. The van der Waals surface area contributed by atoms with Gasteiger partial charge in [0.15, 0.2) is 17.3 Å². The minimum atomic E-state index is -1.40. The summed E-state index contributed by atoms with van der Waals surface area (Å²) in [4.78, 5) is 55.4. The summed E-state index contributed by atoms with van der Waals surface area (Å²) in [6.45, 7) is 6.07. The van der Waals surface area contributed by atoms with Gasteiger partial charge in [-0.05, 0) is 50.3 Å². The monoisotopic (exact) mass is 586 g/mol. The molecular weight excluding hydrogens is 544 g/mol. The van der Waals surface area contributed by atoms with Gasteiger partial charge in [-0.1, -0.05) is 31.7 Å². The number of epoxide rings is 1. The first-order chi connectivity index (χ1) is 20.0. The highest BCUT2D eigenvalue weighted by atomic mass is 16.6. The lowest BCUT2D eigenvalue weighted by Gasteiger charge is -2.28. The molecule has 2 saturated carbocycles. The Morgan fingerprint density at radius 1 is 1.07 bits per heavy atom. The van der Waals surface area contributed by atoms with Crippen molar-refractivity contribution in [3.8, 4) is 11.5 Å². The number of carbonyl (C=O) groups is 4. The van der Waals surface area contributed by atoms with Crippen LogP contribution in [-0.4, -0.2) is 101 Å². The number of aromatic hydroxyl groups is 2. The maximum absolute atomic E-state index is 14.0. The quantitative estimate of drug-likeness (QED) is 0.175. The van der Waals surface area contributed by atoms with Crippen LogP contribution in [0.4, 0.5) is 0 Å². The molecule has 2 unspecified atom stereocenters. The van der Waals surface area contributed by atoms with E-state index in [4.69, 9.17) is 9.47 Å². The van der Waals surface area contributed by atoms with Crippen molar-refractivity contribution in [1.29, 1.82) is 0 Å². The molecule has 2 heterocycles. The first-order valence-electron chi connectivity index (χ1n) is 14.9. The Bertz CT molecular complexity index is 1210. The van der Waals surface area contributed by atoms with Crippen LogP contribution in [0.2, 0.25) is 0 Å². The third-order valence-electron chi connectivity index (χ3n) is 9.12. The predicted octanol–water partition coefficient (Wildman–Crippen LogP) is 0.700. The zero-order valence-corrected chi connectivity index (χ0v) is 24.3. The second-order valence-electron chi connectivity index (χ2n) is 12.4. The molecule has 5 rings (SSSR count). The molecule has 5 N–H and O–H groups in total. The first-order valence-corrected chi connectivity index (χ1v) is 14.9. The molecule has 2 aliphatic heterocycles. The van der Waals surface area contributed by atoms with Crippen LogP contribution in [0.1, 0.15) is 63.9 Å². The van der Waals surface area contributed by atoms with E-state index in [1.807, 2.05) is 4.90 Å². The number of nitrogens with one attached hydrogen (secondary N) is 3. The Balaban J connectivity index is 1.31. The Labute approximate surface area is 245 Å². The van der Waals surface area contributed by atoms with E-state index >= 15 is 0 Å². The van der Waals surface area contributed by atoms with E-state index in [1.54, 1.807) is 19.9 Å². The third kappa shape index (κ3) is 6.71. The molecule has 1 aromatic carbocycles. The van der Waals surface area contributed by atoms with Crippen molar-refractivity contribution >= 4 is 23.5 Å². The van der Waals surface area contributed by atoms with Gasteiger partial charge in [0.1, 0.15) is 17.2 Å². The zero-order valence-electron chi connectivity index (χ0n) is 24.3. The lowest BCUT2D eigenvalue weighted by Crippen LogP contribution is -2.59. The van der Waals surface area contributed by atoms with Gasteiger partial charge in [0, 0.05) is 19.0 Å². The van der Waals surface area contributed by atoms with Crippen LogP contribution in [-0.2, 0) is 28.7 Å². The van der Waals surface area contributed by atoms with E-state index in [0.29, 0.717) is 50.8 Å². The number of ketones is 1. The molecule has 12 nitrogen and oxygen atoms in total. The van der Waals surface area contributed by atoms with E-state index in [2.05, 4.69) is 16.0 Å². The van der Waals surface area contributed by atoms with Crippen LogP contribution < -0.4 is 16.0 Å². The number of Topliss-reactive ketones (excluding diaryl/α,β-unsaturated/α-hetero) is 1. The number of morpholine rings is 1. The Hall–Kier alpha value is -3.22. The largest absolute Gasteiger partial charge is 0.504 e. The minimum absolute atomic E-state index is 0.133. The van der Waals surface area contributed by atoms with E-state index < -0.39 is 41.0 Å². The van der Waals surface area contributed by atoms with Crippen LogP contribution in [0.15, 0.2) is 18.2 Å². The van der Waals surface area contributed by atoms with Crippen LogP contribution >= 0.6 is 0 Å². The van der Waals surface area contributed by atoms with Gasteiger partial charge in [-0.3, -0.25) is 24.1 Å². The summed E-state index contributed by atoms with van der Waals surface area (Å²) in [5.74, 6) is -2.35. The number of phenolic OH excluding ortho intramolecular Hbond substituents is 2. The molecular formula is C30H42N4O8. The Kier molecular flexibility index (Phi) is 8.77. The normalized spacial score (nSPS) is 28.9. The number of hydrogen-bond donors (Lipinski definition) is 5. The predicted molar refractivity (Wildman–Crippen MR) is 151 cm³/mol. The number of amides is 3. The molecule has 0 spiro atoms. The van der Waals surface area contributed by atoms with E-state index in [-0.39, 0.29) is 36.2 Å². The molecule has 3 amide bonds. The van der Waals surface area contributed by atoms with Crippen molar-refractivity contribution in [2.24, 2.45) is 5.92 Å². The molecule has 0 radical (unpaired) electrons. The number of ether oxygens (including phenoxy) is 2. The average molecular weight is 587 g/mol. The number of nitrogens with zero attached hydrogens (tertiary/aromatic N) is 1. The van der Waals surface area contributed by atoms with Gasteiger partial charge in [-0.2, -0.15) is 0 Å². The van der Waals surface area contributed by atoms with Gasteiger partial charge in [-0.15, -0.1) is 0 Å². The van der Waals surface area contributed by atoms with Gasteiger partial charge >= 0.3 is 0 Å². The molecule has 230 valence electrons. The summed E-state index contributed by atoms with van der Waals surface area (Å²) in [7, 11) is 0. The maximum Gasteiger partial charge on any atom is 0.247 e. The summed E-state index contributed by atoms with van der Waals surface area (Å²) in [6, 6.07) is 2.61. The Morgan fingerprint density at radius 3 is 2.40 bits per heavy atom. The van der Waals surface area contributed by atoms with Crippen molar-refractivity contribution in [2.75, 3.05) is 39.5 Å². The molecule has 2 saturated heterocycles. The second-order valence-corrected chi connectivity index (χ2v) is 12.4. The third-order valence-corrected chi connectivity index (χ3v) is 9.12. The van der Waals surface area contributed by atoms with E-state index in [9.17, 15) is 29.4 Å². The van der Waals surface area contributed by atoms with Crippen molar-refractivity contribution in [2.45, 2.75) is 81.5 Å². The number of benzene rings is 1. The molecule has 5 atom stereocenters. The fraction of sp³-hybridized carbons (Fsp3) is 0.667. The topological polar surface area (TPSA) is 170 Å². The molecule has 4 fully saturated rings. The highest BCUT2D eigenvalue weighted by Crippen LogP contribution is 2.53. The number of phenols is 2. The van der Waals surface area contributed by atoms with Crippen molar-refractivity contribution < 1.29 is 38.9 Å². The molecule has 0 bridgehead atoms. The molecule has 0 aromatic heterocycles. The van der Waals surface area contributed by atoms with Crippen molar-refractivity contribution in [1.82, 2.24) is 20.9 Å². The minimum Gasteiger partial charge on any atom is -0.504 e. The summed E-state index contributed by atoms with van der Waals surface area (Å²) in [6.07, 6.45) is 4.91. The van der Waals surface area contributed by atoms with E-state index in [1.165, 1.54) is 12.1 Å². The van der Waals surface area contributed by atoms with Crippen LogP contribution in [0, 0.1) is 5.92 Å². The smallest absolute Gasteiger partial charge is 0.247 e. The van der Waals surface area contributed by atoms with E-state index in [0.717, 1.165) is 25.7 Å². The summed E-state index contributed by atoms with van der Waals surface area (Å²) in [5, 5.41) is 28.4. The molecule has 2 aliphatic carbocycles. The van der Waals surface area contributed by atoms with Gasteiger partial charge < -0.3 is 35.6 Å². The summed E-state index contributed by atoms with van der Waals surface area (Å²) < 4.78 is 10.7. The number of hydrogen-bond acceptors (Lipinski definition) is 9. The number of rotatable bonds is 12. The van der Waals surface area contributed by atoms with Gasteiger partial charge in [0.05, 0.1) is 32.4 Å².